The molecule has 0 aliphatic carbocycles. The first kappa shape index (κ1) is 25.3. The van der Waals surface area contributed by atoms with Crippen molar-refractivity contribution >= 4 is 13.7 Å². The zero-order valence-electron chi connectivity index (χ0n) is 18.1. The van der Waals surface area contributed by atoms with Crippen molar-refractivity contribution in [1.82, 2.24) is 5.09 Å². The minimum Gasteiger partial charge on any atom is -0.460 e. The lowest BCUT2D eigenvalue weighted by Gasteiger charge is -2.24. The van der Waals surface area contributed by atoms with Crippen LogP contribution in [-0.2, 0) is 20.7 Å². The van der Waals surface area contributed by atoms with Crippen LogP contribution < -0.4 is 14.1 Å². The molecule has 6 nitrogen and oxygen atoms in total. The summed E-state index contributed by atoms with van der Waals surface area (Å²) >= 11 is 0. The topological polar surface area (TPSA) is 73.9 Å². The Morgan fingerprint density at radius 1 is 0.882 bits per heavy atom. The molecule has 0 saturated heterocycles. The van der Waals surface area contributed by atoms with Gasteiger partial charge in [-0.25, -0.2) is 17.7 Å². The third-order valence-electron chi connectivity index (χ3n) is 4.55. The van der Waals surface area contributed by atoms with E-state index in [1.165, 1.54) is 31.2 Å². The molecule has 2 atom stereocenters. The predicted octanol–water partition coefficient (Wildman–Crippen LogP) is 5.84. The van der Waals surface area contributed by atoms with Gasteiger partial charge in [0.05, 0.1) is 0 Å². The molecule has 11 heteroatoms. The maximum atomic E-state index is 14.5. The fourth-order valence-corrected chi connectivity index (χ4v) is 4.28. The predicted molar refractivity (Wildman–Crippen MR) is 115 cm³/mol. The Kier molecular flexibility index (Phi) is 7.96. The molecule has 0 radical (unpaired) electrons. The Balaban J connectivity index is 1.86. The van der Waals surface area contributed by atoms with Crippen LogP contribution in [0.4, 0.5) is 17.6 Å². The minimum absolute atomic E-state index is 0.0525. The van der Waals surface area contributed by atoms with Crippen molar-refractivity contribution < 1.29 is 40.7 Å². The van der Waals surface area contributed by atoms with Crippen LogP contribution in [0.2, 0.25) is 0 Å². The third-order valence-corrected chi connectivity index (χ3v) is 6.13. The van der Waals surface area contributed by atoms with Crippen LogP contribution in [0.25, 0.3) is 0 Å². The van der Waals surface area contributed by atoms with E-state index in [0.29, 0.717) is 5.56 Å². The van der Waals surface area contributed by atoms with Crippen LogP contribution in [-0.4, -0.2) is 12.0 Å². The normalized spacial score (nSPS) is 13.6. The van der Waals surface area contributed by atoms with E-state index < -0.39 is 54.3 Å². The van der Waals surface area contributed by atoms with Gasteiger partial charge in [0.15, 0.2) is 17.5 Å². The van der Waals surface area contributed by atoms with Gasteiger partial charge in [-0.3, -0.25) is 4.79 Å². The molecule has 1 N–H and O–H groups in total. The Hall–Kier alpha value is -3.36. The third kappa shape index (κ3) is 5.95. The molecule has 0 bridgehead atoms. The van der Waals surface area contributed by atoms with E-state index in [4.69, 9.17) is 13.8 Å². The molecule has 0 spiro atoms. The molecular formula is C23H20F4NO5P. The summed E-state index contributed by atoms with van der Waals surface area (Å²) in [4.78, 5) is 12.4. The summed E-state index contributed by atoms with van der Waals surface area (Å²) in [5, 5.41) is 2.22. The number of ether oxygens (including phenoxy) is 1. The molecule has 3 rings (SSSR count). The first-order valence-corrected chi connectivity index (χ1v) is 11.5. The molecule has 0 saturated carbocycles. The monoisotopic (exact) mass is 497 g/mol. The fraction of sp³-hybridized carbons (Fsp3) is 0.174. The SMILES string of the molecule is Cc1c(F)c(F)c(F)c(OP(=O)(N[C@@H](C)C(=O)OCc2ccccc2)Oc2ccccc2)c1F. The summed E-state index contributed by atoms with van der Waals surface area (Å²) in [5.74, 6) is -9.83. The highest BCUT2D eigenvalue weighted by molar-refractivity contribution is 7.52. The van der Waals surface area contributed by atoms with E-state index in [2.05, 4.69) is 5.09 Å². The summed E-state index contributed by atoms with van der Waals surface area (Å²) in [6, 6.07) is 14.7. The average molecular weight is 497 g/mol. The second kappa shape index (κ2) is 10.7. The number of rotatable bonds is 9. The Labute approximate surface area is 193 Å². The number of carbonyl (C=O) groups excluding carboxylic acids is 1. The van der Waals surface area contributed by atoms with Crippen molar-refractivity contribution in [3.63, 3.8) is 0 Å². The van der Waals surface area contributed by atoms with Crippen molar-refractivity contribution in [1.29, 1.82) is 0 Å². The molecule has 1 unspecified atom stereocenters. The van der Waals surface area contributed by atoms with Gasteiger partial charge in [0.1, 0.15) is 18.4 Å². The first-order valence-electron chi connectivity index (χ1n) is 9.96. The van der Waals surface area contributed by atoms with E-state index in [1.807, 2.05) is 0 Å². The van der Waals surface area contributed by atoms with Crippen LogP contribution >= 0.6 is 7.75 Å². The largest absolute Gasteiger partial charge is 0.513 e. The molecule has 0 fully saturated rings. The van der Waals surface area contributed by atoms with Gasteiger partial charge in [0.2, 0.25) is 11.6 Å². The number of esters is 1. The van der Waals surface area contributed by atoms with Crippen LogP contribution in [0.15, 0.2) is 60.7 Å². The molecule has 0 aliphatic heterocycles. The second-order valence-electron chi connectivity index (χ2n) is 7.15. The van der Waals surface area contributed by atoms with Gasteiger partial charge >= 0.3 is 13.7 Å². The zero-order chi connectivity index (χ0) is 24.9. The highest BCUT2D eigenvalue weighted by Crippen LogP contribution is 2.47. The lowest BCUT2D eigenvalue weighted by molar-refractivity contribution is -0.146. The summed E-state index contributed by atoms with van der Waals surface area (Å²) in [6.45, 7) is 2.00. The number of nitrogens with one attached hydrogen (secondary N) is 1. The van der Waals surface area contributed by atoms with Gasteiger partial charge in [-0.15, -0.1) is 0 Å². The maximum absolute atomic E-state index is 14.5. The number of hydrogen-bond acceptors (Lipinski definition) is 5. The Morgan fingerprint density at radius 2 is 1.47 bits per heavy atom. The summed E-state index contributed by atoms with van der Waals surface area (Å²) in [7, 11) is -4.80. The number of para-hydroxylation sites is 1. The Morgan fingerprint density at radius 3 is 2.09 bits per heavy atom. The van der Waals surface area contributed by atoms with Gasteiger partial charge in [0.25, 0.3) is 0 Å². The van der Waals surface area contributed by atoms with E-state index in [1.54, 1.807) is 36.4 Å². The van der Waals surface area contributed by atoms with Gasteiger partial charge < -0.3 is 13.8 Å². The lowest BCUT2D eigenvalue weighted by Crippen LogP contribution is -2.36. The molecule has 3 aromatic carbocycles. The van der Waals surface area contributed by atoms with Crippen LogP contribution in [0, 0.1) is 30.2 Å². The molecule has 3 aromatic rings. The van der Waals surface area contributed by atoms with Gasteiger partial charge in [-0.2, -0.15) is 9.48 Å². The molecule has 0 heterocycles. The van der Waals surface area contributed by atoms with Gasteiger partial charge in [-0.1, -0.05) is 48.5 Å². The van der Waals surface area contributed by atoms with Gasteiger partial charge in [-0.05, 0) is 31.5 Å². The number of benzene rings is 3. The molecule has 0 aliphatic rings. The standard InChI is InChI=1S/C23H20F4NO5P/c1-14-18(24)20(26)21(27)22(19(14)25)33-34(30,32-17-11-7-4-8-12-17)28-15(2)23(29)31-13-16-9-5-3-6-10-16/h3-12,15H,13H2,1-2H3,(H,28,30)/t15-,34?/m0/s1. The highest BCUT2D eigenvalue weighted by Gasteiger charge is 2.37. The Bertz CT molecular complexity index is 1180. The smallest absolute Gasteiger partial charge is 0.460 e. The van der Waals surface area contributed by atoms with Crippen LogP contribution in [0.5, 0.6) is 11.5 Å². The van der Waals surface area contributed by atoms with Gasteiger partial charge in [0, 0.05) is 5.56 Å². The lowest BCUT2D eigenvalue weighted by atomic mass is 10.2. The molecule has 34 heavy (non-hydrogen) atoms. The van der Waals surface area contributed by atoms with Crippen LogP contribution in [0.3, 0.4) is 0 Å². The van der Waals surface area contributed by atoms with Crippen molar-refractivity contribution in [3.8, 4) is 11.5 Å². The summed E-state index contributed by atoms with van der Waals surface area (Å²) in [6.07, 6.45) is 0. The molecular weight excluding hydrogens is 477 g/mol. The minimum atomic E-state index is -4.80. The zero-order valence-corrected chi connectivity index (χ0v) is 19.0. The first-order chi connectivity index (χ1) is 16.1. The van der Waals surface area contributed by atoms with Crippen molar-refractivity contribution in [2.24, 2.45) is 0 Å². The highest BCUT2D eigenvalue weighted by atomic mass is 31.2. The number of hydrogen-bond donors (Lipinski definition) is 1. The van der Waals surface area contributed by atoms with E-state index in [0.717, 1.165) is 6.92 Å². The van der Waals surface area contributed by atoms with E-state index >= 15 is 0 Å². The number of halogens is 4. The second-order valence-corrected chi connectivity index (χ2v) is 8.77. The molecule has 0 amide bonds. The summed E-state index contributed by atoms with van der Waals surface area (Å²) in [5.41, 5.74) is -0.208. The van der Waals surface area contributed by atoms with Crippen LogP contribution in [0.1, 0.15) is 18.1 Å². The quantitative estimate of drug-likeness (QED) is 0.132. The van der Waals surface area contributed by atoms with Crippen molar-refractivity contribution in [2.75, 3.05) is 0 Å². The molecule has 180 valence electrons. The van der Waals surface area contributed by atoms with E-state index in [9.17, 15) is 26.9 Å². The number of carbonyl (C=O) groups is 1. The van der Waals surface area contributed by atoms with Crippen molar-refractivity contribution in [3.05, 3.63) is 95.1 Å². The maximum Gasteiger partial charge on any atom is 0.513 e. The van der Waals surface area contributed by atoms with Crippen molar-refractivity contribution in [2.45, 2.75) is 26.5 Å². The molecule has 0 aromatic heterocycles. The fourth-order valence-electron chi connectivity index (χ4n) is 2.76. The van der Waals surface area contributed by atoms with E-state index in [-0.39, 0.29) is 12.4 Å². The average Bonchev–Trinajstić information content (AvgIpc) is 2.84. The summed E-state index contributed by atoms with van der Waals surface area (Å²) < 4.78 is 85.1.